The van der Waals surface area contributed by atoms with Crippen LogP contribution in [0.2, 0.25) is 0 Å². The van der Waals surface area contributed by atoms with Gasteiger partial charge in [0.05, 0.1) is 0 Å². The Morgan fingerprint density at radius 1 is 1.29 bits per heavy atom. The van der Waals surface area contributed by atoms with Crippen LogP contribution < -0.4 is 5.32 Å². The van der Waals surface area contributed by atoms with Gasteiger partial charge in [-0.2, -0.15) is 0 Å². The summed E-state index contributed by atoms with van der Waals surface area (Å²) in [6.45, 7) is 5.38. The van der Waals surface area contributed by atoms with Crippen LogP contribution in [0.4, 0.5) is 0 Å². The molecule has 3 rings (SSSR count). The lowest BCUT2D eigenvalue weighted by Crippen LogP contribution is -2.27. The van der Waals surface area contributed by atoms with Gasteiger partial charge < -0.3 is 5.32 Å². The molecule has 0 bridgehead atoms. The summed E-state index contributed by atoms with van der Waals surface area (Å²) in [6.07, 6.45) is 8.34. The maximum absolute atomic E-state index is 4.35. The molecule has 0 radical (unpaired) electrons. The van der Waals surface area contributed by atoms with Gasteiger partial charge in [-0.25, -0.2) is 0 Å². The van der Waals surface area contributed by atoms with Gasteiger partial charge in [-0.1, -0.05) is 13.0 Å². The van der Waals surface area contributed by atoms with Gasteiger partial charge in [0, 0.05) is 18.4 Å². The third kappa shape index (κ3) is 2.23. The second-order valence-corrected chi connectivity index (χ2v) is 5.82. The number of nitrogens with zero attached hydrogens (tertiary/aromatic N) is 1. The van der Waals surface area contributed by atoms with Crippen molar-refractivity contribution < 1.29 is 0 Å². The Morgan fingerprint density at radius 2 is 2.06 bits per heavy atom. The van der Waals surface area contributed by atoms with Crippen molar-refractivity contribution in [3.63, 3.8) is 0 Å². The van der Waals surface area contributed by atoms with Crippen molar-refractivity contribution in [1.29, 1.82) is 0 Å². The van der Waals surface area contributed by atoms with Crippen molar-refractivity contribution in [2.75, 3.05) is 6.54 Å². The standard InChI is InChI=1S/C15H22N2/c1-3-17-15(13-6-11-5-12(11)7-13)14-4-10(2)8-16-9-14/h4,8-9,11-13,15,17H,3,5-7H2,1-2H3. The second-order valence-electron chi connectivity index (χ2n) is 5.82. The van der Waals surface area contributed by atoms with Gasteiger partial charge in [-0.3, -0.25) is 4.98 Å². The van der Waals surface area contributed by atoms with Crippen LogP contribution in [0.25, 0.3) is 0 Å². The van der Waals surface area contributed by atoms with Crippen LogP contribution in [-0.4, -0.2) is 11.5 Å². The number of aryl methyl sites for hydroxylation is 1. The lowest BCUT2D eigenvalue weighted by molar-refractivity contribution is 0.346. The highest BCUT2D eigenvalue weighted by molar-refractivity contribution is 5.22. The summed E-state index contributed by atoms with van der Waals surface area (Å²) >= 11 is 0. The summed E-state index contributed by atoms with van der Waals surface area (Å²) in [5, 5.41) is 3.67. The zero-order valence-electron chi connectivity index (χ0n) is 10.8. The molecular formula is C15H22N2. The zero-order valence-corrected chi connectivity index (χ0v) is 10.8. The van der Waals surface area contributed by atoms with Crippen LogP contribution in [0.15, 0.2) is 18.5 Å². The minimum Gasteiger partial charge on any atom is -0.310 e. The molecule has 92 valence electrons. The third-order valence-corrected chi connectivity index (χ3v) is 4.43. The summed E-state index contributed by atoms with van der Waals surface area (Å²) in [5.41, 5.74) is 2.66. The van der Waals surface area contributed by atoms with Crippen LogP contribution in [-0.2, 0) is 0 Å². The van der Waals surface area contributed by atoms with E-state index in [0.717, 1.165) is 24.3 Å². The minimum absolute atomic E-state index is 0.528. The summed E-state index contributed by atoms with van der Waals surface area (Å²) in [4.78, 5) is 4.35. The monoisotopic (exact) mass is 230 g/mol. The first-order valence-corrected chi connectivity index (χ1v) is 6.93. The summed E-state index contributed by atoms with van der Waals surface area (Å²) in [7, 11) is 0. The summed E-state index contributed by atoms with van der Waals surface area (Å²) in [6, 6.07) is 2.82. The molecule has 2 saturated carbocycles. The van der Waals surface area contributed by atoms with Crippen molar-refractivity contribution in [2.45, 2.75) is 39.2 Å². The number of fused-ring (bicyclic) bond motifs is 1. The van der Waals surface area contributed by atoms with Gasteiger partial charge in [0.15, 0.2) is 0 Å². The largest absolute Gasteiger partial charge is 0.310 e. The van der Waals surface area contributed by atoms with Gasteiger partial charge in [0.25, 0.3) is 0 Å². The van der Waals surface area contributed by atoms with Crippen molar-refractivity contribution in [3.8, 4) is 0 Å². The second kappa shape index (κ2) is 4.41. The van der Waals surface area contributed by atoms with Crippen LogP contribution in [0, 0.1) is 24.7 Å². The molecule has 3 atom stereocenters. The highest BCUT2D eigenvalue weighted by atomic mass is 14.9. The van der Waals surface area contributed by atoms with E-state index in [0.29, 0.717) is 6.04 Å². The van der Waals surface area contributed by atoms with E-state index in [-0.39, 0.29) is 0 Å². The quantitative estimate of drug-likeness (QED) is 0.859. The first-order valence-electron chi connectivity index (χ1n) is 6.93. The molecule has 0 aliphatic heterocycles. The molecule has 0 amide bonds. The maximum atomic E-state index is 4.35. The highest BCUT2D eigenvalue weighted by Gasteiger charge is 2.47. The van der Waals surface area contributed by atoms with Crippen LogP contribution >= 0.6 is 0 Å². The van der Waals surface area contributed by atoms with E-state index in [1.807, 2.05) is 12.4 Å². The van der Waals surface area contributed by atoms with Crippen LogP contribution in [0.3, 0.4) is 0 Å². The molecule has 2 aliphatic rings. The van der Waals surface area contributed by atoms with Gasteiger partial charge in [-0.05, 0) is 61.6 Å². The number of pyridine rings is 1. The molecular weight excluding hydrogens is 208 g/mol. The van der Waals surface area contributed by atoms with Gasteiger partial charge >= 0.3 is 0 Å². The van der Waals surface area contributed by atoms with E-state index in [1.165, 1.54) is 30.4 Å². The Morgan fingerprint density at radius 3 is 2.71 bits per heavy atom. The zero-order chi connectivity index (χ0) is 11.8. The average Bonchev–Trinajstić information content (AvgIpc) is 2.93. The van der Waals surface area contributed by atoms with Gasteiger partial charge in [0.1, 0.15) is 0 Å². The number of hydrogen-bond acceptors (Lipinski definition) is 2. The van der Waals surface area contributed by atoms with Crippen molar-refractivity contribution in [3.05, 3.63) is 29.6 Å². The fourth-order valence-electron chi connectivity index (χ4n) is 3.56. The van der Waals surface area contributed by atoms with Crippen molar-refractivity contribution in [1.82, 2.24) is 10.3 Å². The first kappa shape index (κ1) is 11.2. The summed E-state index contributed by atoms with van der Waals surface area (Å²) < 4.78 is 0. The van der Waals surface area contributed by atoms with E-state index in [2.05, 4.69) is 30.2 Å². The molecule has 2 nitrogen and oxygen atoms in total. The topological polar surface area (TPSA) is 24.9 Å². The molecule has 2 fully saturated rings. The Hall–Kier alpha value is -0.890. The molecule has 1 aromatic rings. The molecule has 1 heterocycles. The predicted molar refractivity (Wildman–Crippen MR) is 69.7 cm³/mol. The first-order chi connectivity index (χ1) is 8.28. The van der Waals surface area contributed by atoms with Crippen molar-refractivity contribution >= 4 is 0 Å². The molecule has 2 heteroatoms. The Balaban J connectivity index is 1.79. The van der Waals surface area contributed by atoms with Gasteiger partial charge in [0.2, 0.25) is 0 Å². The fourth-order valence-corrected chi connectivity index (χ4v) is 3.56. The Bertz CT molecular complexity index is 392. The number of nitrogens with one attached hydrogen (secondary N) is 1. The molecule has 1 aromatic heterocycles. The smallest absolute Gasteiger partial charge is 0.0364 e. The molecule has 0 spiro atoms. The molecule has 1 N–H and O–H groups in total. The molecule has 0 aromatic carbocycles. The number of hydrogen-bond donors (Lipinski definition) is 1. The normalized spacial score (nSPS) is 32.2. The predicted octanol–water partition coefficient (Wildman–Crippen LogP) is 3.09. The summed E-state index contributed by atoms with van der Waals surface area (Å²) in [5.74, 6) is 2.94. The molecule has 17 heavy (non-hydrogen) atoms. The SMILES string of the molecule is CCNC(c1cncc(C)c1)C1CC2CC2C1. The lowest BCUT2D eigenvalue weighted by atomic mass is 9.89. The fraction of sp³-hybridized carbons (Fsp3) is 0.667. The highest BCUT2D eigenvalue weighted by Crippen LogP contribution is 2.57. The van der Waals surface area contributed by atoms with Crippen LogP contribution in [0.1, 0.15) is 43.4 Å². The minimum atomic E-state index is 0.528. The Labute approximate surface area is 104 Å². The molecule has 3 unspecified atom stereocenters. The van der Waals surface area contributed by atoms with Crippen LogP contribution in [0.5, 0.6) is 0 Å². The number of aromatic nitrogens is 1. The Kier molecular flexibility index (Phi) is 2.91. The third-order valence-electron chi connectivity index (χ3n) is 4.43. The van der Waals surface area contributed by atoms with E-state index in [1.54, 1.807) is 0 Å². The van der Waals surface area contributed by atoms with Crippen molar-refractivity contribution in [2.24, 2.45) is 17.8 Å². The van der Waals surface area contributed by atoms with Gasteiger partial charge in [-0.15, -0.1) is 0 Å². The number of rotatable bonds is 4. The van der Waals surface area contributed by atoms with E-state index in [9.17, 15) is 0 Å². The molecule has 2 aliphatic carbocycles. The van der Waals surface area contributed by atoms with E-state index >= 15 is 0 Å². The lowest BCUT2D eigenvalue weighted by Gasteiger charge is -2.26. The molecule has 0 saturated heterocycles. The van der Waals surface area contributed by atoms with E-state index < -0.39 is 0 Å². The maximum Gasteiger partial charge on any atom is 0.0364 e. The van der Waals surface area contributed by atoms with E-state index in [4.69, 9.17) is 0 Å². The average molecular weight is 230 g/mol.